The summed E-state index contributed by atoms with van der Waals surface area (Å²) in [4.78, 5) is 39.4. The van der Waals surface area contributed by atoms with Gasteiger partial charge in [-0.05, 0) is 18.2 Å². The van der Waals surface area contributed by atoms with Crippen molar-refractivity contribution in [1.82, 2.24) is 4.90 Å². The molecular weight excluding hydrogens is 329 g/mol. The minimum atomic E-state index is -0.704. The standard InChI is InChI=1S/C17H20FN3O4/c1-10-7-20(8-15(10)23)14-5-4-12(6-13(14)18)21-9-16(25-17(21)24)19(3)11(2)22/h4-6,10,16H,7-9H2,1-3H3. The van der Waals surface area contributed by atoms with Gasteiger partial charge in [0.15, 0.2) is 12.0 Å². The van der Waals surface area contributed by atoms with Crippen molar-refractivity contribution in [2.75, 3.05) is 36.5 Å². The highest BCUT2D eigenvalue weighted by molar-refractivity contribution is 5.91. The molecule has 2 aliphatic rings. The van der Waals surface area contributed by atoms with Gasteiger partial charge in [-0.15, -0.1) is 0 Å². The SMILES string of the molecule is CC(=O)N(C)C1CN(c2ccc(N3CC(=O)C(C)C3)c(F)c2)C(=O)O1. The van der Waals surface area contributed by atoms with Gasteiger partial charge >= 0.3 is 6.09 Å². The Labute approximate surface area is 144 Å². The van der Waals surface area contributed by atoms with Gasteiger partial charge in [-0.2, -0.15) is 0 Å². The number of carbonyl (C=O) groups excluding carboxylic acids is 3. The third-order valence-corrected chi connectivity index (χ3v) is 4.70. The van der Waals surface area contributed by atoms with Gasteiger partial charge in [-0.25, -0.2) is 9.18 Å². The van der Waals surface area contributed by atoms with Crippen LogP contribution in [0.3, 0.4) is 0 Å². The summed E-state index contributed by atoms with van der Waals surface area (Å²) >= 11 is 0. The molecule has 2 atom stereocenters. The Morgan fingerprint density at radius 3 is 2.60 bits per heavy atom. The van der Waals surface area contributed by atoms with E-state index in [-0.39, 0.29) is 30.7 Å². The van der Waals surface area contributed by atoms with Crippen molar-refractivity contribution in [2.24, 2.45) is 5.92 Å². The Kier molecular flexibility index (Phi) is 4.36. The zero-order valence-corrected chi connectivity index (χ0v) is 14.4. The first-order valence-electron chi connectivity index (χ1n) is 8.06. The summed E-state index contributed by atoms with van der Waals surface area (Å²) in [6, 6.07) is 4.43. The first kappa shape index (κ1) is 17.2. The van der Waals surface area contributed by atoms with E-state index in [1.165, 1.54) is 22.8 Å². The zero-order valence-electron chi connectivity index (χ0n) is 14.4. The fourth-order valence-corrected chi connectivity index (χ4v) is 3.01. The van der Waals surface area contributed by atoms with Crippen LogP contribution in [-0.2, 0) is 14.3 Å². The maximum absolute atomic E-state index is 14.5. The highest BCUT2D eigenvalue weighted by Gasteiger charge is 2.36. The Bertz CT molecular complexity index is 739. The van der Waals surface area contributed by atoms with Crippen LogP contribution in [0.5, 0.6) is 0 Å². The van der Waals surface area contributed by atoms with Crippen molar-refractivity contribution in [3.05, 3.63) is 24.0 Å². The van der Waals surface area contributed by atoms with E-state index in [1.54, 1.807) is 24.1 Å². The number of halogens is 1. The highest BCUT2D eigenvalue weighted by atomic mass is 19.1. The minimum Gasteiger partial charge on any atom is -0.423 e. The lowest BCUT2D eigenvalue weighted by atomic mass is 10.1. The zero-order chi connectivity index (χ0) is 18.3. The van der Waals surface area contributed by atoms with Crippen molar-refractivity contribution < 1.29 is 23.5 Å². The molecule has 2 heterocycles. The van der Waals surface area contributed by atoms with E-state index >= 15 is 0 Å². The number of cyclic esters (lactones) is 1. The van der Waals surface area contributed by atoms with Gasteiger partial charge in [0.05, 0.1) is 24.5 Å². The van der Waals surface area contributed by atoms with Crippen LogP contribution in [0.4, 0.5) is 20.6 Å². The molecule has 7 nitrogen and oxygen atoms in total. The summed E-state index contributed by atoms with van der Waals surface area (Å²) in [6.07, 6.45) is -1.33. The van der Waals surface area contributed by atoms with Crippen LogP contribution in [0.1, 0.15) is 13.8 Å². The molecule has 0 aliphatic carbocycles. The topological polar surface area (TPSA) is 70.2 Å². The largest absolute Gasteiger partial charge is 0.423 e. The molecule has 3 rings (SSSR count). The third-order valence-electron chi connectivity index (χ3n) is 4.70. The number of nitrogens with zero attached hydrogens (tertiary/aromatic N) is 3. The number of carbonyl (C=O) groups is 3. The first-order chi connectivity index (χ1) is 11.8. The van der Waals surface area contributed by atoms with Crippen LogP contribution >= 0.6 is 0 Å². The molecule has 1 aromatic carbocycles. The molecule has 25 heavy (non-hydrogen) atoms. The number of Topliss-reactive ketones (excluding diaryl/α,β-unsaturated/α-hetero) is 1. The van der Waals surface area contributed by atoms with Crippen LogP contribution in [0.2, 0.25) is 0 Å². The summed E-state index contributed by atoms with van der Waals surface area (Å²) in [5.41, 5.74) is 0.690. The molecule has 0 spiro atoms. The minimum absolute atomic E-state index is 0.0849. The number of amides is 2. The predicted octanol–water partition coefficient (Wildman–Crippen LogP) is 1.61. The number of benzene rings is 1. The molecule has 2 fully saturated rings. The molecule has 2 unspecified atom stereocenters. The van der Waals surface area contributed by atoms with Gasteiger partial charge in [-0.3, -0.25) is 14.5 Å². The second-order valence-electron chi connectivity index (χ2n) is 6.46. The maximum Gasteiger partial charge on any atom is 0.416 e. The monoisotopic (exact) mass is 349 g/mol. The van der Waals surface area contributed by atoms with Crippen molar-refractivity contribution in [3.63, 3.8) is 0 Å². The lowest BCUT2D eigenvalue weighted by molar-refractivity contribution is -0.134. The Morgan fingerprint density at radius 2 is 2.04 bits per heavy atom. The molecule has 0 aromatic heterocycles. The van der Waals surface area contributed by atoms with Gasteiger partial charge in [0.1, 0.15) is 5.82 Å². The van der Waals surface area contributed by atoms with Crippen LogP contribution in [0.15, 0.2) is 18.2 Å². The highest BCUT2D eigenvalue weighted by Crippen LogP contribution is 2.30. The number of ether oxygens (including phenoxy) is 1. The smallest absolute Gasteiger partial charge is 0.416 e. The molecular formula is C17H20FN3O4. The third kappa shape index (κ3) is 3.16. The van der Waals surface area contributed by atoms with Gasteiger partial charge in [-0.1, -0.05) is 6.92 Å². The van der Waals surface area contributed by atoms with Crippen LogP contribution in [0, 0.1) is 11.7 Å². The van der Waals surface area contributed by atoms with Crippen molar-refractivity contribution in [1.29, 1.82) is 0 Å². The summed E-state index contributed by atoms with van der Waals surface area (Å²) in [6.45, 7) is 4.00. The summed E-state index contributed by atoms with van der Waals surface area (Å²) in [5.74, 6) is -0.762. The lowest BCUT2D eigenvalue weighted by Crippen LogP contribution is -2.38. The van der Waals surface area contributed by atoms with Crippen LogP contribution < -0.4 is 9.80 Å². The van der Waals surface area contributed by atoms with Gasteiger partial charge < -0.3 is 14.5 Å². The van der Waals surface area contributed by atoms with E-state index in [0.717, 1.165) is 0 Å². The van der Waals surface area contributed by atoms with E-state index in [1.807, 2.05) is 6.92 Å². The van der Waals surface area contributed by atoms with E-state index < -0.39 is 18.1 Å². The second-order valence-corrected chi connectivity index (χ2v) is 6.46. The molecule has 0 bridgehead atoms. The molecule has 134 valence electrons. The number of anilines is 2. The van der Waals surface area contributed by atoms with Crippen LogP contribution in [0.25, 0.3) is 0 Å². The molecule has 2 amide bonds. The van der Waals surface area contributed by atoms with E-state index in [4.69, 9.17) is 4.74 Å². The second kappa shape index (κ2) is 6.34. The average molecular weight is 349 g/mol. The lowest BCUT2D eigenvalue weighted by Gasteiger charge is -2.21. The molecule has 2 aliphatic heterocycles. The molecule has 0 N–H and O–H groups in total. The van der Waals surface area contributed by atoms with Crippen molar-refractivity contribution in [3.8, 4) is 0 Å². The molecule has 0 saturated carbocycles. The summed E-state index contributed by atoms with van der Waals surface area (Å²) in [7, 11) is 1.54. The predicted molar refractivity (Wildman–Crippen MR) is 88.8 cm³/mol. The number of rotatable bonds is 3. The van der Waals surface area contributed by atoms with Crippen molar-refractivity contribution >= 4 is 29.2 Å². The van der Waals surface area contributed by atoms with Gasteiger partial charge in [0.2, 0.25) is 5.91 Å². The Balaban J connectivity index is 1.78. The molecule has 0 radical (unpaired) electrons. The normalized spacial score (nSPS) is 23.2. The molecule has 8 heteroatoms. The summed E-state index contributed by atoms with van der Waals surface area (Å²) < 4.78 is 19.7. The van der Waals surface area contributed by atoms with E-state index in [2.05, 4.69) is 0 Å². The molecule has 2 saturated heterocycles. The summed E-state index contributed by atoms with van der Waals surface area (Å²) in [5, 5.41) is 0. The Morgan fingerprint density at radius 1 is 1.32 bits per heavy atom. The molecule has 1 aromatic rings. The Hall–Kier alpha value is -2.64. The number of hydrogen-bond donors (Lipinski definition) is 0. The van der Waals surface area contributed by atoms with Gasteiger partial charge in [0, 0.05) is 26.4 Å². The maximum atomic E-state index is 14.5. The number of hydrogen-bond acceptors (Lipinski definition) is 5. The fourth-order valence-electron chi connectivity index (χ4n) is 3.01. The average Bonchev–Trinajstić information content (AvgIpc) is 3.09. The first-order valence-corrected chi connectivity index (χ1v) is 8.06. The fraction of sp³-hybridized carbons (Fsp3) is 0.471. The van der Waals surface area contributed by atoms with E-state index in [9.17, 15) is 18.8 Å². The number of ketones is 1. The quantitative estimate of drug-likeness (QED) is 0.829. The number of likely N-dealkylation sites (N-methyl/N-ethyl adjacent to an activating group) is 1. The van der Waals surface area contributed by atoms with Crippen molar-refractivity contribution in [2.45, 2.75) is 20.1 Å². The van der Waals surface area contributed by atoms with Crippen LogP contribution in [-0.4, -0.2) is 55.6 Å². The van der Waals surface area contributed by atoms with Gasteiger partial charge in [0.25, 0.3) is 0 Å². The van der Waals surface area contributed by atoms with E-state index in [0.29, 0.717) is 17.9 Å².